The molecule has 0 aliphatic heterocycles. The molecule has 0 saturated carbocycles. The van der Waals surface area contributed by atoms with E-state index in [9.17, 15) is 9.59 Å². The zero-order chi connectivity index (χ0) is 23.6. The van der Waals surface area contributed by atoms with Crippen LogP contribution in [-0.2, 0) is 6.61 Å². The molecule has 0 fully saturated rings. The Morgan fingerprint density at radius 3 is 2.61 bits per heavy atom. The lowest BCUT2D eigenvalue weighted by atomic mass is 10.1. The molecule has 0 atom stereocenters. The fourth-order valence-electron chi connectivity index (χ4n) is 2.75. The molecule has 172 valence electrons. The van der Waals surface area contributed by atoms with Crippen molar-refractivity contribution in [3.8, 4) is 5.75 Å². The highest BCUT2D eigenvalue weighted by molar-refractivity contribution is 6.01. The van der Waals surface area contributed by atoms with Crippen molar-refractivity contribution in [3.63, 3.8) is 0 Å². The van der Waals surface area contributed by atoms with E-state index in [4.69, 9.17) is 4.74 Å². The molecule has 0 radical (unpaired) electrons. The Morgan fingerprint density at radius 2 is 1.91 bits per heavy atom. The van der Waals surface area contributed by atoms with Crippen LogP contribution in [0.1, 0.15) is 21.6 Å². The van der Waals surface area contributed by atoms with Gasteiger partial charge in [0.2, 0.25) is 0 Å². The second-order valence-electron chi connectivity index (χ2n) is 7.54. The van der Waals surface area contributed by atoms with Gasteiger partial charge in [-0.3, -0.25) is 20.1 Å². The lowest BCUT2D eigenvalue weighted by Gasteiger charge is -2.15. The van der Waals surface area contributed by atoms with Crippen molar-refractivity contribution in [3.05, 3.63) is 71.9 Å². The van der Waals surface area contributed by atoms with Gasteiger partial charge < -0.3 is 20.3 Å². The van der Waals surface area contributed by atoms with Crippen LogP contribution in [0.3, 0.4) is 0 Å². The van der Waals surface area contributed by atoms with Crippen LogP contribution in [0.4, 0.5) is 16.3 Å². The van der Waals surface area contributed by atoms with Crippen LogP contribution in [0.5, 0.6) is 5.75 Å². The van der Waals surface area contributed by atoms with Gasteiger partial charge in [0.25, 0.3) is 5.91 Å². The molecule has 10 heteroatoms. The highest BCUT2D eigenvalue weighted by Gasteiger charge is 2.14. The van der Waals surface area contributed by atoms with Crippen LogP contribution in [0.25, 0.3) is 0 Å². The van der Waals surface area contributed by atoms with Crippen LogP contribution < -0.4 is 20.7 Å². The first-order valence-electron chi connectivity index (χ1n) is 10.4. The maximum atomic E-state index is 12.5. The van der Waals surface area contributed by atoms with E-state index < -0.39 is 6.03 Å². The number of likely N-dealkylation sites (N-methyl/N-ethyl adjacent to an activating group) is 1. The quantitative estimate of drug-likeness (QED) is 0.459. The third-order valence-electron chi connectivity index (χ3n) is 4.48. The molecule has 0 aliphatic carbocycles. The second kappa shape index (κ2) is 11.5. The normalized spacial score (nSPS) is 10.5. The number of amides is 3. The third kappa shape index (κ3) is 7.54. The van der Waals surface area contributed by atoms with Gasteiger partial charge in [-0.2, -0.15) is 0 Å². The monoisotopic (exact) mass is 449 g/mol. The molecular formula is C23H27N7O3. The Labute approximate surface area is 192 Å². The van der Waals surface area contributed by atoms with Crippen molar-refractivity contribution in [1.82, 2.24) is 25.2 Å². The number of pyridine rings is 1. The first-order chi connectivity index (χ1) is 15.9. The van der Waals surface area contributed by atoms with Crippen molar-refractivity contribution in [2.75, 3.05) is 37.8 Å². The largest absolute Gasteiger partial charge is 0.487 e. The number of anilines is 2. The summed E-state index contributed by atoms with van der Waals surface area (Å²) in [4.78, 5) is 39.3. The van der Waals surface area contributed by atoms with E-state index in [0.717, 1.165) is 17.8 Å². The number of aromatic nitrogens is 3. The second-order valence-corrected chi connectivity index (χ2v) is 7.54. The number of carbonyl (C=O) groups is 2. The zero-order valence-electron chi connectivity index (χ0n) is 18.8. The molecule has 10 nitrogen and oxygen atoms in total. The predicted molar refractivity (Wildman–Crippen MR) is 125 cm³/mol. The summed E-state index contributed by atoms with van der Waals surface area (Å²) in [6.07, 6.45) is 6.39. The summed E-state index contributed by atoms with van der Waals surface area (Å²) in [5.74, 6) is 0.436. The number of benzene rings is 1. The minimum absolute atomic E-state index is 0.222. The number of nitrogens with one attached hydrogen (secondary N) is 3. The van der Waals surface area contributed by atoms with Crippen molar-refractivity contribution in [2.45, 2.75) is 13.5 Å². The van der Waals surface area contributed by atoms with E-state index >= 15 is 0 Å². The first-order valence-corrected chi connectivity index (χ1v) is 10.4. The standard InChI is InChI=1S/C23H27N7O3/c1-16-12-27-21(14-26-16)29-23(32)28-19-7-6-18(22(31)25-9-10-30(2)3)11-20(19)33-15-17-5-4-8-24-13-17/h4-8,11-14H,9-10,15H2,1-3H3,(H,25,31)(H2,27,28,29,32). The Bertz CT molecular complexity index is 1070. The minimum Gasteiger partial charge on any atom is -0.487 e. The summed E-state index contributed by atoms with van der Waals surface area (Å²) in [6.45, 7) is 3.26. The number of rotatable bonds is 9. The van der Waals surface area contributed by atoms with Crippen molar-refractivity contribution in [2.24, 2.45) is 0 Å². The third-order valence-corrected chi connectivity index (χ3v) is 4.48. The van der Waals surface area contributed by atoms with Gasteiger partial charge in [0.05, 0.1) is 23.8 Å². The number of urea groups is 1. The molecule has 0 spiro atoms. The molecule has 33 heavy (non-hydrogen) atoms. The molecule has 3 aromatic rings. The Kier molecular flexibility index (Phi) is 8.25. The number of hydrogen-bond donors (Lipinski definition) is 3. The summed E-state index contributed by atoms with van der Waals surface area (Å²) in [6, 6.07) is 8.03. The Morgan fingerprint density at radius 1 is 1.06 bits per heavy atom. The summed E-state index contributed by atoms with van der Waals surface area (Å²) >= 11 is 0. The minimum atomic E-state index is -0.512. The molecule has 0 saturated heterocycles. The Balaban J connectivity index is 1.74. The molecule has 3 amide bonds. The molecular weight excluding hydrogens is 422 g/mol. The van der Waals surface area contributed by atoms with E-state index in [1.165, 1.54) is 6.20 Å². The summed E-state index contributed by atoms with van der Waals surface area (Å²) in [5, 5.41) is 8.23. The van der Waals surface area contributed by atoms with E-state index in [1.807, 2.05) is 31.1 Å². The first kappa shape index (κ1) is 23.6. The van der Waals surface area contributed by atoms with Gasteiger partial charge in [0.15, 0.2) is 5.82 Å². The Hall–Kier alpha value is -4.05. The van der Waals surface area contributed by atoms with Gasteiger partial charge in [0.1, 0.15) is 12.4 Å². The van der Waals surface area contributed by atoms with E-state index in [-0.39, 0.29) is 12.5 Å². The van der Waals surface area contributed by atoms with E-state index in [1.54, 1.807) is 43.7 Å². The van der Waals surface area contributed by atoms with Crippen LogP contribution in [0.2, 0.25) is 0 Å². The topological polar surface area (TPSA) is 121 Å². The number of nitrogens with zero attached hydrogens (tertiary/aromatic N) is 4. The number of ether oxygens (including phenoxy) is 1. The van der Waals surface area contributed by atoms with Gasteiger partial charge in [-0.05, 0) is 45.3 Å². The molecule has 3 N–H and O–H groups in total. The lowest BCUT2D eigenvalue weighted by molar-refractivity contribution is 0.0950. The molecule has 2 aromatic heterocycles. The van der Waals surface area contributed by atoms with Gasteiger partial charge in [-0.1, -0.05) is 6.07 Å². The number of carbonyl (C=O) groups excluding carboxylic acids is 2. The van der Waals surface area contributed by atoms with Crippen molar-refractivity contribution >= 4 is 23.4 Å². The molecule has 0 bridgehead atoms. The number of aryl methyl sites for hydroxylation is 1. The van der Waals surface area contributed by atoms with Gasteiger partial charge in [-0.15, -0.1) is 0 Å². The average molecular weight is 450 g/mol. The predicted octanol–water partition coefficient (Wildman–Crippen LogP) is 2.69. The molecule has 1 aromatic carbocycles. The van der Waals surface area contributed by atoms with Crippen LogP contribution >= 0.6 is 0 Å². The molecule has 0 aliphatic rings. The van der Waals surface area contributed by atoms with E-state index in [2.05, 4.69) is 30.9 Å². The van der Waals surface area contributed by atoms with Gasteiger partial charge in [-0.25, -0.2) is 9.78 Å². The SMILES string of the molecule is Cc1cnc(NC(=O)Nc2ccc(C(=O)NCCN(C)C)cc2OCc2cccnc2)cn1. The highest BCUT2D eigenvalue weighted by Crippen LogP contribution is 2.27. The maximum Gasteiger partial charge on any atom is 0.324 e. The maximum absolute atomic E-state index is 12.5. The number of hydrogen-bond acceptors (Lipinski definition) is 7. The van der Waals surface area contributed by atoms with Crippen LogP contribution in [0, 0.1) is 6.92 Å². The smallest absolute Gasteiger partial charge is 0.324 e. The van der Waals surface area contributed by atoms with Gasteiger partial charge >= 0.3 is 6.03 Å². The summed E-state index contributed by atoms with van der Waals surface area (Å²) in [5.41, 5.74) is 2.42. The molecule has 3 rings (SSSR count). The zero-order valence-corrected chi connectivity index (χ0v) is 18.8. The fraction of sp³-hybridized carbons (Fsp3) is 0.261. The average Bonchev–Trinajstić information content (AvgIpc) is 2.80. The summed E-state index contributed by atoms with van der Waals surface area (Å²) < 4.78 is 5.92. The van der Waals surface area contributed by atoms with Gasteiger partial charge in [0, 0.05) is 36.6 Å². The lowest BCUT2D eigenvalue weighted by Crippen LogP contribution is -2.31. The highest BCUT2D eigenvalue weighted by atomic mass is 16.5. The van der Waals surface area contributed by atoms with Crippen molar-refractivity contribution < 1.29 is 14.3 Å². The fourth-order valence-corrected chi connectivity index (χ4v) is 2.75. The summed E-state index contributed by atoms with van der Waals surface area (Å²) in [7, 11) is 3.87. The van der Waals surface area contributed by atoms with Crippen LogP contribution in [-0.4, -0.2) is 59.0 Å². The van der Waals surface area contributed by atoms with Crippen molar-refractivity contribution in [1.29, 1.82) is 0 Å². The molecule has 0 unspecified atom stereocenters. The van der Waals surface area contributed by atoms with E-state index in [0.29, 0.717) is 29.4 Å². The molecule has 2 heterocycles. The van der Waals surface area contributed by atoms with Crippen LogP contribution in [0.15, 0.2) is 55.1 Å².